The molecule has 1 aliphatic rings. The van der Waals surface area contributed by atoms with E-state index in [1.165, 1.54) is 21.7 Å². The number of hydrogen-bond acceptors (Lipinski definition) is 6. The molecule has 0 atom stereocenters. The highest BCUT2D eigenvalue weighted by atomic mass is 32.1. The van der Waals surface area contributed by atoms with Crippen LogP contribution in [0.25, 0.3) is 10.2 Å². The maximum Gasteiger partial charge on any atom is 0.282 e. The summed E-state index contributed by atoms with van der Waals surface area (Å²) in [6.45, 7) is 5.15. The van der Waals surface area contributed by atoms with Gasteiger partial charge in [0.1, 0.15) is 10.7 Å². The van der Waals surface area contributed by atoms with E-state index < -0.39 is 0 Å². The predicted octanol–water partition coefficient (Wildman–Crippen LogP) is 2.49. The first-order chi connectivity index (χ1) is 12.2. The Hall–Kier alpha value is -2.51. The molecule has 1 fully saturated rings. The van der Waals surface area contributed by atoms with Crippen LogP contribution in [-0.2, 0) is 4.74 Å². The summed E-state index contributed by atoms with van der Waals surface area (Å²) >= 11 is 1.46. The van der Waals surface area contributed by atoms with Crippen LogP contribution in [0.3, 0.4) is 0 Å². The number of fused-ring (bicyclic) bond motifs is 1. The van der Waals surface area contributed by atoms with Gasteiger partial charge in [-0.2, -0.15) is 9.78 Å². The highest BCUT2D eigenvalue weighted by Gasteiger charge is 2.11. The summed E-state index contributed by atoms with van der Waals surface area (Å²) in [6, 6.07) is 9.94. The molecular formula is C18H18N4O2S. The topological polar surface area (TPSA) is 59.7 Å². The molecule has 0 N–H and O–H groups in total. The third kappa shape index (κ3) is 3.20. The minimum Gasteiger partial charge on any atom is -0.378 e. The van der Waals surface area contributed by atoms with Crippen LogP contribution in [0.2, 0.25) is 0 Å². The van der Waals surface area contributed by atoms with Crippen LogP contribution in [0.1, 0.15) is 11.4 Å². The highest BCUT2D eigenvalue weighted by molar-refractivity contribution is 7.16. The second kappa shape index (κ2) is 6.78. The number of anilines is 1. The Morgan fingerprint density at radius 1 is 1.20 bits per heavy atom. The van der Waals surface area contributed by atoms with E-state index in [4.69, 9.17) is 4.74 Å². The molecule has 1 saturated heterocycles. The largest absolute Gasteiger partial charge is 0.378 e. The first-order valence-electron chi connectivity index (χ1n) is 8.16. The van der Waals surface area contributed by atoms with E-state index in [9.17, 15) is 4.79 Å². The number of thiophene rings is 1. The van der Waals surface area contributed by atoms with Gasteiger partial charge in [0, 0.05) is 18.8 Å². The molecule has 0 radical (unpaired) electrons. The minimum absolute atomic E-state index is 0.134. The fourth-order valence-corrected chi connectivity index (χ4v) is 3.66. The number of aryl methyl sites for hydroxylation is 1. The van der Waals surface area contributed by atoms with Crippen LogP contribution >= 0.6 is 11.3 Å². The smallest absolute Gasteiger partial charge is 0.282 e. The summed E-state index contributed by atoms with van der Waals surface area (Å²) in [7, 11) is 0. The molecule has 3 aromatic rings. The number of hydrogen-bond donors (Lipinski definition) is 0. The molecule has 3 heterocycles. The Bertz CT molecular complexity index is 969. The third-order valence-corrected chi connectivity index (χ3v) is 5.04. The molecule has 0 bridgehead atoms. The van der Waals surface area contributed by atoms with Crippen molar-refractivity contribution in [3.05, 3.63) is 57.5 Å². The highest BCUT2D eigenvalue weighted by Crippen LogP contribution is 2.17. The van der Waals surface area contributed by atoms with E-state index in [0.717, 1.165) is 36.7 Å². The Kier molecular flexibility index (Phi) is 4.33. The van der Waals surface area contributed by atoms with E-state index in [0.29, 0.717) is 11.2 Å². The van der Waals surface area contributed by atoms with Crippen molar-refractivity contribution in [1.82, 2.24) is 9.66 Å². The molecule has 1 aromatic carbocycles. The molecule has 0 spiro atoms. The molecule has 1 aliphatic heterocycles. The Morgan fingerprint density at radius 3 is 2.72 bits per heavy atom. The second-order valence-corrected chi connectivity index (χ2v) is 6.75. The van der Waals surface area contributed by atoms with Crippen LogP contribution in [-0.4, -0.2) is 42.2 Å². The summed E-state index contributed by atoms with van der Waals surface area (Å²) in [5, 5.41) is 6.81. The van der Waals surface area contributed by atoms with Gasteiger partial charge in [0.2, 0.25) is 0 Å². The molecule has 4 rings (SSSR count). The van der Waals surface area contributed by atoms with Crippen molar-refractivity contribution in [1.29, 1.82) is 0 Å². The van der Waals surface area contributed by atoms with Crippen LogP contribution in [0.4, 0.5) is 5.69 Å². The number of morpholine rings is 1. The fourth-order valence-electron chi connectivity index (χ4n) is 2.86. The number of nitrogens with zero attached hydrogens (tertiary/aromatic N) is 4. The van der Waals surface area contributed by atoms with Gasteiger partial charge in [-0.25, -0.2) is 4.98 Å². The molecule has 0 unspecified atom stereocenters. The van der Waals surface area contributed by atoms with Crippen molar-refractivity contribution in [3.63, 3.8) is 0 Å². The summed E-state index contributed by atoms with van der Waals surface area (Å²) in [4.78, 5) is 20.0. The predicted molar refractivity (Wildman–Crippen MR) is 101 cm³/mol. The number of ether oxygens (including phenoxy) is 1. The van der Waals surface area contributed by atoms with Gasteiger partial charge in [-0.3, -0.25) is 4.79 Å². The molecule has 6 nitrogen and oxygen atoms in total. The zero-order valence-corrected chi connectivity index (χ0v) is 14.7. The Morgan fingerprint density at radius 2 is 1.96 bits per heavy atom. The lowest BCUT2D eigenvalue weighted by molar-refractivity contribution is 0.122. The van der Waals surface area contributed by atoms with E-state index in [1.807, 2.05) is 17.5 Å². The summed E-state index contributed by atoms with van der Waals surface area (Å²) in [5.41, 5.74) is 1.98. The number of rotatable bonds is 3. The maximum absolute atomic E-state index is 12.5. The first kappa shape index (κ1) is 16.0. The van der Waals surface area contributed by atoms with Gasteiger partial charge in [0.25, 0.3) is 5.56 Å². The fraction of sp³-hybridized carbons (Fsp3) is 0.278. The average Bonchev–Trinajstić information content (AvgIpc) is 3.11. The quantitative estimate of drug-likeness (QED) is 0.678. The van der Waals surface area contributed by atoms with Crippen LogP contribution in [0.15, 0.2) is 45.6 Å². The normalized spacial score (nSPS) is 15.3. The van der Waals surface area contributed by atoms with Gasteiger partial charge >= 0.3 is 0 Å². The molecule has 7 heteroatoms. The van der Waals surface area contributed by atoms with Crippen LogP contribution in [0.5, 0.6) is 0 Å². The molecule has 0 aliphatic carbocycles. The lowest BCUT2D eigenvalue weighted by atomic mass is 10.2. The standard InChI is InChI=1S/C18H18N4O2S/c1-13-20-17-16(6-11-25-17)18(23)22(13)19-12-14-2-4-15(5-3-14)21-7-9-24-10-8-21/h2-6,11-12H,7-10H2,1H3. The molecule has 2 aromatic heterocycles. The molecule has 25 heavy (non-hydrogen) atoms. The van der Waals surface area contributed by atoms with Crippen molar-refractivity contribution >= 4 is 33.5 Å². The zero-order valence-electron chi connectivity index (χ0n) is 13.9. The summed E-state index contributed by atoms with van der Waals surface area (Å²) in [5.74, 6) is 0.584. The monoisotopic (exact) mass is 354 g/mol. The maximum atomic E-state index is 12.5. The van der Waals surface area contributed by atoms with Crippen molar-refractivity contribution < 1.29 is 4.74 Å². The second-order valence-electron chi connectivity index (χ2n) is 5.85. The molecular weight excluding hydrogens is 336 g/mol. The molecule has 128 valence electrons. The van der Waals surface area contributed by atoms with Crippen LogP contribution in [0, 0.1) is 6.92 Å². The lowest BCUT2D eigenvalue weighted by Gasteiger charge is -2.28. The third-order valence-electron chi connectivity index (χ3n) is 4.23. The summed E-state index contributed by atoms with van der Waals surface area (Å²) < 4.78 is 6.73. The SMILES string of the molecule is Cc1nc2sccc2c(=O)n1N=Cc1ccc(N2CCOCC2)cc1. The van der Waals surface area contributed by atoms with Gasteiger partial charge in [-0.15, -0.1) is 11.3 Å². The molecule has 0 saturated carbocycles. The van der Waals surface area contributed by atoms with Crippen molar-refractivity contribution in [2.75, 3.05) is 31.2 Å². The first-order valence-corrected chi connectivity index (χ1v) is 9.04. The van der Waals surface area contributed by atoms with Gasteiger partial charge in [-0.05, 0) is 36.1 Å². The Balaban J connectivity index is 1.58. The van der Waals surface area contributed by atoms with Gasteiger partial charge in [0.05, 0.1) is 24.8 Å². The van der Waals surface area contributed by atoms with Crippen molar-refractivity contribution in [2.45, 2.75) is 6.92 Å². The van der Waals surface area contributed by atoms with Crippen LogP contribution < -0.4 is 10.5 Å². The van der Waals surface area contributed by atoms with E-state index in [-0.39, 0.29) is 5.56 Å². The van der Waals surface area contributed by atoms with Gasteiger partial charge < -0.3 is 9.64 Å². The Labute approximate surface area is 149 Å². The van der Waals surface area contributed by atoms with Gasteiger partial charge in [-0.1, -0.05) is 12.1 Å². The minimum atomic E-state index is -0.134. The van der Waals surface area contributed by atoms with E-state index in [2.05, 4.69) is 27.1 Å². The number of aromatic nitrogens is 2. The van der Waals surface area contributed by atoms with E-state index >= 15 is 0 Å². The average molecular weight is 354 g/mol. The molecule has 0 amide bonds. The van der Waals surface area contributed by atoms with Gasteiger partial charge in [0.15, 0.2) is 0 Å². The lowest BCUT2D eigenvalue weighted by Crippen LogP contribution is -2.36. The van der Waals surface area contributed by atoms with Crippen molar-refractivity contribution in [3.8, 4) is 0 Å². The summed E-state index contributed by atoms with van der Waals surface area (Å²) in [6.07, 6.45) is 1.69. The van der Waals surface area contributed by atoms with Crippen molar-refractivity contribution in [2.24, 2.45) is 5.10 Å². The van der Waals surface area contributed by atoms with E-state index in [1.54, 1.807) is 19.2 Å². The number of benzene rings is 1. The zero-order chi connectivity index (χ0) is 17.2.